The van der Waals surface area contributed by atoms with E-state index in [4.69, 9.17) is 11.6 Å². The number of fused-ring (bicyclic) bond motifs is 1. The minimum atomic E-state index is -4.81. The van der Waals surface area contributed by atoms with Crippen LogP contribution in [0.1, 0.15) is 17.3 Å². The molecule has 0 bridgehead atoms. The number of rotatable bonds is 6. The zero-order valence-electron chi connectivity index (χ0n) is 14.2. The van der Waals surface area contributed by atoms with E-state index in [0.29, 0.717) is 21.8 Å². The largest absolute Gasteiger partial charge is 0.573 e. The normalized spacial score (nSPS) is 13.1. The van der Waals surface area contributed by atoms with Gasteiger partial charge in [0.1, 0.15) is 5.75 Å². The smallest absolute Gasteiger partial charge is 0.406 e. The second-order valence-electron chi connectivity index (χ2n) is 5.90. The van der Waals surface area contributed by atoms with Crippen LogP contribution in [0.15, 0.2) is 54.6 Å². The number of halogens is 6. The van der Waals surface area contributed by atoms with E-state index >= 15 is 0 Å². The molecule has 1 N–H and O–H groups in total. The quantitative estimate of drug-likeness (QED) is 0.521. The summed E-state index contributed by atoms with van der Waals surface area (Å²) in [5, 5.41) is 3.86. The van der Waals surface area contributed by atoms with Crippen LogP contribution in [-0.2, 0) is 0 Å². The minimum Gasteiger partial charge on any atom is -0.406 e. The summed E-state index contributed by atoms with van der Waals surface area (Å²) < 4.78 is 66.3. The lowest BCUT2D eigenvalue weighted by Gasteiger charge is -2.20. The number of benzene rings is 2. The molecule has 0 spiro atoms. The Balaban J connectivity index is 1.96. The molecule has 3 rings (SSSR count). The molecule has 1 atom stereocenters. The summed E-state index contributed by atoms with van der Waals surface area (Å²) >= 11 is 6.16. The van der Waals surface area contributed by atoms with Gasteiger partial charge in [-0.3, -0.25) is 5.32 Å². The van der Waals surface area contributed by atoms with Crippen molar-refractivity contribution in [3.63, 3.8) is 0 Å². The standard InChI is InChI=1S/C19H14ClF5N2O/c20-14-3-1-2-11-6-9-15(27-17(11)14)18(26-10-16(21)22)12-4-7-13(8-5-12)28-19(23,24)25/h1-9,16,18,26H,10H2. The number of aromatic nitrogens is 1. The van der Waals surface area contributed by atoms with Gasteiger partial charge in [0, 0.05) is 5.39 Å². The van der Waals surface area contributed by atoms with Crippen LogP contribution in [0, 0.1) is 0 Å². The van der Waals surface area contributed by atoms with Crippen molar-refractivity contribution in [1.82, 2.24) is 10.3 Å². The van der Waals surface area contributed by atoms with Gasteiger partial charge in [-0.15, -0.1) is 13.2 Å². The molecule has 0 aliphatic carbocycles. The van der Waals surface area contributed by atoms with Gasteiger partial charge in [-0.1, -0.05) is 41.9 Å². The topological polar surface area (TPSA) is 34.1 Å². The lowest BCUT2D eigenvalue weighted by atomic mass is 10.0. The van der Waals surface area contributed by atoms with Crippen molar-refractivity contribution in [2.24, 2.45) is 0 Å². The van der Waals surface area contributed by atoms with Crippen molar-refractivity contribution in [2.75, 3.05) is 6.54 Å². The Kier molecular flexibility index (Phi) is 6.00. The van der Waals surface area contributed by atoms with Gasteiger partial charge >= 0.3 is 6.36 Å². The van der Waals surface area contributed by atoms with Crippen molar-refractivity contribution < 1.29 is 26.7 Å². The highest BCUT2D eigenvalue weighted by Gasteiger charge is 2.31. The average Bonchev–Trinajstić information content (AvgIpc) is 2.62. The monoisotopic (exact) mass is 416 g/mol. The predicted molar refractivity (Wildman–Crippen MR) is 95.7 cm³/mol. The molecule has 1 heterocycles. The molecular formula is C19H14ClF5N2O. The summed E-state index contributed by atoms with van der Waals surface area (Å²) in [6.45, 7) is -0.617. The molecule has 0 saturated carbocycles. The second-order valence-corrected chi connectivity index (χ2v) is 6.30. The van der Waals surface area contributed by atoms with Crippen molar-refractivity contribution in [3.05, 3.63) is 70.9 Å². The molecule has 3 aromatic rings. The Hall–Kier alpha value is -2.45. The molecule has 0 saturated heterocycles. The van der Waals surface area contributed by atoms with E-state index in [0.717, 1.165) is 17.5 Å². The van der Waals surface area contributed by atoms with Gasteiger partial charge in [0.05, 0.1) is 28.8 Å². The summed E-state index contributed by atoms with van der Waals surface area (Å²) in [6, 6.07) is 12.8. The SMILES string of the molecule is FC(F)CNC(c1ccc(OC(F)(F)F)cc1)c1ccc2cccc(Cl)c2n1. The maximum Gasteiger partial charge on any atom is 0.573 e. The average molecular weight is 417 g/mol. The lowest BCUT2D eigenvalue weighted by molar-refractivity contribution is -0.274. The number of pyridine rings is 1. The van der Waals surface area contributed by atoms with Gasteiger partial charge < -0.3 is 4.74 Å². The van der Waals surface area contributed by atoms with Gasteiger partial charge in [-0.25, -0.2) is 13.8 Å². The molecule has 3 nitrogen and oxygen atoms in total. The highest BCUT2D eigenvalue weighted by molar-refractivity contribution is 6.35. The Morgan fingerprint density at radius 3 is 2.36 bits per heavy atom. The Bertz CT molecular complexity index is 947. The van der Waals surface area contributed by atoms with E-state index in [2.05, 4.69) is 15.0 Å². The first-order chi connectivity index (χ1) is 13.2. The number of para-hydroxylation sites is 1. The minimum absolute atomic E-state index is 0.404. The zero-order chi connectivity index (χ0) is 20.3. The Morgan fingerprint density at radius 1 is 1.00 bits per heavy atom. The number of nitrogens with one attached hydrogen (secondary N) is 1. The lowest BCUT2D eigenvalue weighted by Crippen LogP contribution is -2.28. The van der Waals surface area contributed by atoms with E-state index in [1.807, 2.05) is 6.07 Å². The number of hydrogen-bond acceptors (Lipinski definition) is 3. The highest BCUT2D eigenvalue weighted by atomic mass is 35.5. The van der Waals surface area contributed by atoms with Gasteiger partial charge in [0.15, 0.2) is 0 Å². The molecule has 0 aliphatic heterocycles. The molecule has 0 amide bonds. The number of nitrogens with zero attached hydrogens (tertiary/aromatic N) is 1. The van der Waals surface area contributed by atoms with Gasteiger partial charge in [-0.05, 0) is 29.8 Å². The molecule has 9 heteroatoms. The fraction of sp³-hybridized carbons (Fsp3) is 0.211. The molecule has 0 fully saturated rings. The van der Waals surface area contributed by atoms with Crippen LogP contribution in [0.4, 0.5) is 22.0 Å². The zero-order valence-corrected chi connectivity index (χ0v) is 14.9. The summed E-state index contributed by atoms with van der Waals surface area (Å²) in [6.07, 6.45) is -7.43. The molecule has 148 valence electrons. The molecule has 2 aromatic carbocycles. The summed E-state index contributed by atoms with van der Waals surface area (Å²) in [7, 11) is 0. The van der Waals surface area contributed by atoms with Crippen LogP contribution in [-0.4, -0.2) is 24.3 Å². The molecule has 28 heavy (non-hydrogen) atoms. The van der Waals surface area contributed by atoms with Crippen LogP contribution in [0.2, 0.25) is 5.02 Å². The predicted octanol–water partition coefficient (Wildman–Crippen LogP) is 5.73. The van der Waals surface area contributed by atoms with E-state index in [1.54, 1.807) is 24.3 Å². The number of alkyl halides is 5. The summed E-state index contributed by atoms with van der Waals surface area (Å²) in [5.41, 5.74) is 1.36. The maximum absolute atomic E-state index is 12.7. The first-order valence-electron chi connectivity index (χ1n) is 8.15. The van der Waals surface area contributed by atoms with E-state index < -0.39 is 31.1 Å². The van der Waals surface area contributed by atoms with Crippen molar-refractivity contribution in [2.45, 2.75) is 18.8 Å². The molecule has 1 aromatic heterocycles. The number of ether oxygens (including phenoxy) is 1. The van der Waals surface area contributed by atoms with E-state index in [1.165, 1.54) is 12.1 Å². The summed E-state index contributed by atoms with van der Waals surface area (Å²) in [5.74, 6) is -0.404. The van der Waals surface area contributed by atoms with Crippen LogP contribution in [0.25, 0.3) is 10.9 Å². The van der Waals surface area contributed by atoms with Crippen LogP contribution < -0.4 is 10.1 Å². The Labute approximate surface area is 162 Å². The van der Waals surface area contributed by atoms with Crippen LogP contribution >= 0.6 is 11.6 Å². The van der Waals surface area contributed by atoms with Crippen molar-refractivity contribution in [1.29, 1.82) is 0 Å². The van der Waals surface area contributed by atoms with Crippen molar-refractivity contribution in [3.8, 4) is 5.75 Å². The third-order valence-electron chi connectivity index (χ3n) is 3.91. The van der Waals surface area contributed by atoms with Crippen molar-refractivity contribution >= 4 is 22.5 Å². The summed E-state index contributed by atoms with van der Waals surface area (Å²) in [4.78, 5) is 4.46. The first kappa shape index (κ1) is 20.3. The van der Waals surface area contributed by atoms with E-state index in [9.17, 15) is 22.0 Å². The van der Waals surface area contributed by atoms with Gasteiger partial charge in [0.25, 0.3) is 6.43 Å². The number of hydrogen-bond donors (Lipinski definition) is 1. The van der Waals surface area contributed by atoms with Gasteiger partial charge in [-0.2, -0.15) is 0 Å². The van der Waals surface area contributed by atoms with Gasteiger partial charge in [0.2, 0.25) is 0 Å². The fourth-order valence-electron chi connectivity index (χ4n) is 2.75. The first-order valence-corrected chi connectivity index (χ1v) is 8.53. The third kappa shape index (κ3) is 5.08. The maximum atomic E-state index is 12.7. The van der Waals surface area contributed by atoms with Crippen LogP contribution in [0.3, 0.4) is 0 Å². The molecule has 1 unspecified atom stereocenters. The van der Waals surface area contributed by atoms with E-state index in [-0.39, 0.29) is 0 Å². The second kappa shape index (κ2) is 8.28. The molecule has 0 radical (unpaired) electrons. The van der Waals surface area contributed by atoms with Crippen LogP contribution in [0.5, 0.6) is 5.75 Å². The third-order valence-corrected chi connectivity index (χ3v) is 4.22. The fourth-order valence-corrected chi connectivity index (χ4v) is 2.97. The molecule has 0 aliphatic rings. The molecular weight excluding hydrogens is 403 g/mol. The highest BCUT2D eigenvalue weighted by Crippen LogP contribution is 2.29. The Morgan fingerprint density at radius 2 is 1.71 bits per heavy atom.